The summed E-state index contributed by atoms with van der Waals surface area (Å²) in [5.74, 6) is 0.119. The molecule has 5 nitrogen and oxygen atoms in total. The average Bonchev–Trinajstić information content (AvgIpc) is 2.10. The van der Waals surface area contributed by atoms with Gasteiger partial charge in [-0.2, -0.15) is 4.99 Å². The van der Waals surface area contributed by atoms with Gasteiger partial charge in [-0.15, -0.1) is 0 Å². The Morgan fingerprint density at radius 3 is 2.07 bits per heavy atom. The topological polar surface area (TPSA) is 106 Å². The molecule has 0 radical (unpaired) electrons. The van der Waals surface area contributed by atoms with Gasteiger partial charge in [-0.3, -0.25) is 17.2 Å². The minimum absolute atomic E-state index is 0.0248. The van der Waals surface area contributed by atoms with Crippen molar-refractivity contribution in [2.24, 2.45) is 17.2 Å². The summed E-state index contributed by atoms with van der Waals surface area (Å²) in [4.78, 5) is 5.23. The summed E-state index contributed by atoms with van der Waals surface area (Å²) in [6.07, 6.45) is 0. The maximum atomic E-state index is 5.90. The average molecular weight is 248 g/mol. The van der Waals surface area contributed by atoms with Gasteiger partial charge in [0, 0.05) is 0 Å². The molecular weight excluding hydrogens is 237 g/mol. The first-order valence-corrected chi connectivity index (χ1v) is 4.74. The van der Waals surface area contributed by atoms with Crippen LogP contribution in [0.1, 0.15) is 0 Å². The number of halogens is 2. The first kappa shape index (κ1) is 11.6. The van der Waals surface area contributed by atoms with E-state index in [1.54, 1.807) is 18.2 Å². The van der Waals surface area contributed by atoms with Crippen molar-refractivity contribution in [2.45, 2.75) is 0 Å². The number of hydrogen-bond donors (Lipinski definition) is 5. The molecule has 15 heavy (non-hydrogen) atoms. The Balaban J connectivity index is 3.13. The molecule has 7 heteroatoms. The summed E-state index contributed by atoms with van der Waals surface area (Å²) < 4.78 is 0. The summed E-state index contributed by atoms with van der Waals surface area (Å²) in [6.45, 7) is 0. The highest BCUT2D eigenvalue weighted by atomic mass is 35.5. The lowest BCUT2D eigenvalue weighted by atomic mass is 10.3. The van der Waals surface area contributed by atoms with Gasteiger partial charge in [0.05, 0.1) is 10.0 Å². The number of benzene rings is 1. The van der Waals surface area contributed by atoms with E-state index in [1.807, 2.05) is 0 Å². The van der Waals surface area contributed by atoms with Gasteiger partial charge in [0.1, 0.15) is 5.69 Å². The van der Waals surface area contributed by atoms with Crippen LogP contribution in [0.3, 0.4) is 0 Å². The van der Waals surface area contributed by atoms with E-state index in [0.29, 0.717) is 15.7 Å². The molecule has 0 amide bonds. The zero-order valence-electron chi connectivity index (χ0n) is 7.72. The monoisotopic (exact) mass is 247 g/mol. The van der Waals surface area contributed by atoms with Crippen molar-refractivity contribution in [3.63, 3.8) is 0 Å². The molecule has 0 aromatic heterocycles. The normalized spacial score (nSPS) is 11.2. The molecule has 1 aromatic carbocycles. The number of rotatable bonds is 1. The zero-order valence-corrected chi connectivity index (χ0v) is 9.23. The minimum atomic E-state index is -0.0248. The Hall–Kier alpha value is -1.46. The zero-order chi connectivity index (χ0) is 11.4. The lowest BCUT2D eigenvalue weighted by Gasteiger charge is -1.97. The Bertz CT molecular complexity index is 403. The molecule has 8 N–H and O–H groups in total. The Labute approximate surface area is 96.6 Å². The third kappa shape index (κ3) is 3.30. The quantitative estimate of drug-likeness (QED) is 0.277. The van der Waals surface area contributed by atoms with Crippen molar-refractivity contribution in [2.75, 3.05) is 0 Å². The molecule has 0 saturated carbocycles. The first-order valence-electron chi connectivity index (χ1n) is 3.99. The summed E-state index contributed by atoms with van der Waals surface area (Å²) in [5.41, 5.74) is 16.4. The van der Waals surface area contributed by atoms with Gasteiger partial charge in [0.25, 0.3) is 0 Å². The van der Waals surface area contributed by atoms with Crippen molar-refractivity contribution in [3.8, 4) is 0 Å². The van der Waals surface area contributed by atoms with E-state index in [2.05, 4.69) is 9.98 Å². The number of nitrogens with two attached hydrogens (primary N) is 3. The summed E-state index contributed by atoms with van der Waals surface area (Å²) in [7, 11) is 0. The SMILES string of the molecule is NC(N)=[NH+]C(N)=[NH+]c1c(Cl)cccc1Cl. The minimum Gasteiger partial charge on any atom is -0.275 e. The largest absolute Gasteiger partial charge is 0.390 e. The second kappa shape index (κ2) is 4.86. The molecule has 80 valence electrons. The number of para-hydroxylation sites is 1. The lowest BCUT2D eigenvalue weighted by Crippen LogP contribution is -2.96. The van der Waals surface area contributed by atoms with Crippen molar-refractivity contribution in [1.82, 2.24) is 0 Å². The second-order valence-corrected chi connectivity index (χ2v) is 3.53. The Morgan fingerprint density at radius 1 is 1.07 bits per heavy atom. The van der Waals surface area contributed by atoms with Crippen LogP contribution in [-0.4, -0.2) is 11.9 Å². The highest BCUT2D eigenvalue weighted by molar-refractivity contribution is 6.38. The van der Waals surface area contributed by atoms with Gasteiger partial charge in [-0.25, -0.2) is 4.99 Å². The first-order chi connectivity index (χ1) is 7.00. The molecule has 0 bridgehead atoms. The van der Waals surface area contributed by atoms with Crippen LogP contribution in [-0.2, 0) is 0 Å². The Morgan fingerprint density at radius 2 is 1.60 bits per heavy atom. The van der Waals surface area contributed by atoms with Gasteiger partial charge in [-0.05, 0) is 12.1 Å². The van der Waals surface area contributed by atoms with Gasteiger partial charge in [0.15, 0.2) is 0 Å². The molecule has 0 heterocycles. The molecular formula is C8H11Cl2N5+2. The molecule has 0 atom stereocenters. The number of guanidine groups is 2. The van der Waals surface area contributed by atoms with Crippen LogP contribution in [0.5, 0.6) is 0 Å². The van der Waals surface area contributed by atoms with Crippen LogP contribution < -0.4 is 27.2 Å². The summed E-state index contributed by atoms with van der Waals surface area (Å²) >= 11 is 11.8. The van der Waals surface area contributed by atoms with Gasteiger partial charge in [-0.1, -0.05) is 29.3 Å². The number of hydrogen-bond acceptors (Lipinski definition) is 0. The van der Waals surface area contributed by atoms with E-state index in [9.17, 15) is 0 Å². The van der Waals surface area contributed by atoms with E-state index in [4.69, 9.17) is 40.4 Å². The smallest absolute Gasteiger partial charge is 0.275 e. The fourth-order valence-electron chi connectivity index (χ4n) is 0.939. The molecule has 0 fully saturated rings. The van der Waals surface area contributed by atoms with E-state index < -0.39 is 0 Å². The van der Waals surface area contributed by atoms with E-state index in [0.717, 1.165) is 0 Å². The van der Waals surface area contributed by atoms with Crippen LogP contribution in [0.2, 0.25) is 10.0 Å². The highest BCUT2D eigenvalue weighted by Gasteiger charge is 2.07. The fraction of sp³-hybridized carbons (Fsp3) is 0. The maximum Gasteiger partial charge on any atom is 0.390 e. The van der Waals surface area contributed by atoms with Crippen LogP contribution in [0, 0.1) is 0 Å². The Kier molecular flexibility index (Phi) is 3.76. The lowest BCUT2D eigenvalue weighted by molar-refractivity contribution is -0.459. The molecule has 0 aliphatic heterocycles. The van der Waals surface area contributed by atoms with Gasteiger partial charge < -0.3 is 0 Å². The molecule has 1 aromatic rings. The number of nitrogens with one attached hydrogen (secondary N) is 2. The van der Waals surface area contributed by atoms with Crippen LogP contribution in [0.15, 0.2) is 18.2 Å². The molecule has 1 rings (SSSR count). The van der Waals surface area contributed by atoms with Crippen molar-refractivity contribution in [3.05, 3.63) is 28.2 Å². The summed E-state index contributed by atoms with van der Waals surface area (Å²) in [6, 6.07) is 5.08. The fourth-order valence-corrected chi connectivity index (χ4v) is 1.43. The van der Waals surface area contributed by atoms with Gasteiger partial charge in [0.2, 0.25) is 0 Å². The standard InChI is InChI=1S/C8H9Cl2N5/c9-4-2-1-3-5(10)6(4)14-8(13)15-7(11)12/h1-3H,(H6,11,12,13,14,15)/p+2. The molecule has 0 saturated heterocycles. The molecule has 0 aliphatic carbocycles. The van der Waals surface area contributed by atoms with Crippen LogP contribution >= 0.6 is 23.2 Å². The van der Waals surface area contributed by atoms with Crippen molar-refractivity contribution in [1.29, 1.82) is 0 Å². The molecule has 0 aliphatic rings. The maximum absolute atomic E-state index is 5.90. The summed E-state index contributed by atoms with van der Waals surface area (Å²) in [5, 5.41) is 0.894. The predicted octanol–water partition coefficient (Wildman–Crippen LogP) is -2.63. The van der Waals surface area contributed by atoms with Crippen molar-refractivity contribution >= 4 is 40.8 Å². The van der Waals surface area contributed by atoms with E-state index in [-0.39, 0.29) is 11.9 Å². The predicted molar refractivity (Wildman–Crippen MR) is 60.6 cm³/mol. The molecule has 0 unspecified atom stereocenters. The van der Waals surface area contributed by atoms with Crippen molar-refractivity contribution < 1.29 is 9.98 Å². The third-order valence-electron chi connectivity index (χ3n) is 1.50. The highest BCUT2D eigenvalue weighted by Crippen LogP contribution is 2.24. The van der Waals surface area contributed by atoms with Crippen LogP contribution in [0.25, 0.3) is 0 Å². The molecule has 0 spiro atoms. The van der Waals surface area contributed by atoms with Gasteiger partial charge >= 0.3 is 11.9 Å². The second-order valence-electron chi connectivity index (χ2n) is 2.72. The van der Waals surface area contributed by atoms with Crippen LogP contribution in [0.4, 0.5) is 5.69 Å². The van der Waals surface area contributed by atoms with E-state index in [1.165, 1.54) is 0 Å². The van der Waals surface area contributed by atoms with E-state index >= 15 is 0 Å². The third-order valence-corrected chi connectivity index (χ3v) is 2.13.